The van der Waals surface area contributed by atoms with Crippen LogP contribution in [-0.2, 0) is 9.84 Å². The highest BCUT2D eigenvalue weighted by atomic mass is 32.2. The van der Waals surface area contributed by atoms with E-state index in [4.69, 9.17) is 5.73 Å². The summed E-state index contributed by atoms with van der Waals surface area (Å²) in [6.45, 7) is 3.62. The Hall–Kier alpha value is -1.03. The van der Waals surface area contributed by atoms with Crippen molar-refractivity contribution in [2.45, 2.75) is 18.7 Å². The van der Waals surface area contributed by atoms with Crippen molar-refractivity contribution in [1.82, 2.24) is 0 Å². The van der Waals surface area contributed by atoms with Gasteiger partial charge in [0.2, 0.25) is 0 Å². The maximum Gasteiger partial charge on any atom is 0.175 e. The van der Waals surface area contributed by atoms with Crippen molar-refractivity contribution >= 4 is 15.5 Å². The molecule has 0 atom stereocenters. The highest BCUT2D eigenvalue weighted by molar-refractivity contribution is 7.90. The Balaban J connectivity index is 3.50. The van der Waals surface area contributed by atoms with Crippen LogP contribution in [0.15, 0.2) is 17.0 Å². The van der Waals surface area contributed by atoms with Gasteiger partial charge in [-0.2, -0.15) is 0 Å². The van der Waals surface area contributed by atoms with Crippen LogP contribution < -0.4 is 5.73 Å². The fourth-order valence-corrected chi connectivity index (χ4v) is 2.23. The maximum absolute atomic E-state index is 11.3. The molecule has 4 heteroatoms. The van der Waals surface area contributed by atoms with Crippen LogP contribution in [0.5, 0.6) is 0 Å². The normalized spacial score (nSPS) is 11.6. The summed E-state index contributed by atoms with van der Waals surface area (Å²) in [5.41, 5.74) is 7.79. The molecule has 0 aliphatic rings. The van der Waals surface area contributed by atoms with Crippen LogP contribution in [0, 0.1) is 13.8 Å². The maximum atomic E-state index is 11.3. The van der Waals surface area contributed by atoms with Crippen LogP contribution in [0.1, 0.15) is 11.1 Å². The van der Waals surface area contributed by atoms with E-state index in [1.54, 1.807) is 13.0 Å². The lowest BCUT2D eigenvalue weighted by Crippen LogP contribution is -2.02. The molecule has 0 aromatic heterocycles. The molecule has 0 aliphatic heterocycles. The van der Waals surface area contributed by atoms with Crippen molar-refractivity contribution in [3.05, 3.63) is 23.3 Å². The zero-order chi connectivity index (χ0) is 10.2. The van der Waals surface area contributed by atoms with Gasteiger partial charge in [-0.15, -0.1) is 0 Å². The van der Waals surface area contributed by atoms with Gasteiger partial charge in [-0.05, 0) is 31.0 Å². The van der Waals surface area contributed by atoms with Crippen LogP contribution in [0.2, 0.25) is 0 Å². The van der Waals surface area contributed by atoms with E-state index in [1.165, 1.54) is 12.3 Å². The third kappa shape index (κ3) is 2.01. The second-order valence-corrected chi connectivity index (χ2v) is 5.23. The first-order valence-electron chi connectivity index (χ1n) is 3.89. The Morgan fingerprint density at radius 1 is 1.15 bits per heavy atom. The van der Waals surface area contributed by atoms with Crippen LogP contribution in [0.25, 0.3) is 0 Å². The molecule has 0 amide bonds. The molecular formula is C9H13NO2S. The standard InChI is InChI=1S/C9H13NO2S/c1-6-4-7(2)9(5-8(6)10)13(3,11)12/h4-5H,10H2,1-3H3. The minimum Gasteiger partial charge on any atom is -0.398 e. The van der Waals surface area contributed by atoms with Crippen molar-refractivity contribution in [3.8, 4) is 0 Å². The van der Waals surface area contributed by atoms with Crippen LogP contribution in [0.3, 0.4) is 0 Å². The number of nitrogens with two attached hydrogens (primary N) is 1. The average molecular weight is 199 g/mol. The molecular weight excluding hydrogens is 186 g/mol. The third-order valence-electron chi connectivity index (χ3n) is 1.96. The first kappa shape index (κ1) is 10.1. The summed E-state index contributed by atoms with van der Waals surface area (Å²) >= 11 is 0. The smallest absolute Gasteiger partial charge is 0.175 e. The van der Waals surface area contributed by atoms with E-state index in [1.807, 2.05) is 6.92 Å². The van der Waals surface area contributed by atoms with Gasteiger partial charge >= 0.3 is 0 Å². The molecule has 0 aliphatic carbocycles. The molecule has 72 valence electrons. The second kappa shape index (κ2) is 3.03. The number of anilines is 1. The summed E-state index contributed by atoms with van der Waals surface area (Å²) in [6.07, 6.45) is 1.18. The topological polar surface area (TPSA) is 60.2 Å². The molecule has 1 rings (SSSR count). The fraction of sp³-hybridized carbons (Fsp3) is 0.333. The highest BCUT2D eigenvalue weighted by Gasteiger charge is 2.11. The van der Waals surface area contributed by atoms with Crippen LogP contribution in [-0.4, -0.2) is 14.7 Å². The van der Waals surface area contributed by atoms with E-state index >= 15 is 0 Å². The van der Waals surface area contributed by atoms with Crippen molar-refractivity contribution in [3.63, 3.8) is 0 Å². The zero-order valence-electron chi connectivity index (χ0n) is 7.96. The molecule has 0 saturated carbocycles. The summed E-state index contributed by atoms with van der Waals surface area (Å²) in [4.78, 5) is 0.315. The van der Waals surface area contributed by atoms with E-state index in [9.17, 15) is 8.42 Å². The number of sulfone groups is 1. The Morgan fingerprint density at radius 3 is 2.15 bits per heavy atom. The van der Waals surface area contributed by atoms with Crippen molar-refractivity contribution < 1.29 is 8.42 Å². The minimum absolute atomic E-state index is 0.315. The first-order valence-corrected chi connectivity index (χ1v) is 5.78. The molecule has 0 unspecified atom stereocenters. The predicted octanol–water partition coefficient (Wildman–Crippen LogP) is 1.29. The SMILES string of the molecule is Cc1cc(C)c(S(C)(=O)=O)cc1N. The van der Waals surface area contributed by atoms with Gasteiger partial charge in [0.25, 0.3) is 0 Å². The molecule has 1 aromatic rings. The van der Waals surface area contributed by atoms with Crippen molar-refractivity contribution in [2.75, 3.05) is 12.0 Å². The summed E-state index contributed by atoms with van der Waals surface area (Å²) in [5, 5.41) is 0. The molecule has 0 bridgehead atoms. The summed E-state index contributed by atoms with van der Waals surface area (Å²) in [7, 11) is -3.15. The van der Waals surface area contributed by atoms with Crippen LogP contribution in [0.4, 0.5) is 5.69 Å². The van der Waals surface area contributed by atoms with Gasteiger partial charge in [0.05, 0.1) is 4.90 Å². The summed E-state index contributed by atoms with van der Waals surface area (Å²) in [5.74, 6) is 0. The molecule has 13 heavy (non-hydrogen) atoms. The fourth-order valence-electron chi connectivity index (χ4n) is 1.25. The zero-order valence-corrected chi connectivity index (χ0v) is 8.77. The van der Waals surface area contributed by atoms with Crippen molar-refractivity contribution in [1.29, 1.82) is 0 Å². The molecule has 3 nitrogen and oxygen atoms in total. The molecule has 0 fully saturated rings. The number of nitrogen functional groups attached to an aromatic ring is 1. The van der Waals surface area contributed by atoms with Gasteiger partial charge in [-0.3, -0.25) is 0 Å². The summed E-state index contributed by atoms with van der Waals surface area (Å²) < 4.78 is 22.5. The third-order valence-corrected chi connectivity index (χ3v) is 3.20. The quantitative estimate of drug-likeness (QED) is 0.693. The Bertz CT molecular complexity index is 435. The van der Waals surface area contributed by atoms with Crippen molar-refractivity contribution in [2.24, 2.45) is 0 Å². The number of rotatable bonds is 1. The number of hydrogen-bond acceptors (Lipinski definition) is 3. The molecule has 0 saturated heterocycles. The Morgan fingerprint density at radius 2 is 1.69 bits per heavy atom. The number of benzene rings is 1. The van der Waals surface area contributed by atoms with Gasteiger partial charge in [-0.1, -0.05) is 6.07 Å². The van der Waals surface area contributed by atoms with Gasteiger partial charge in [-0.25, -0.2) is 8.42 Å². The lowest BCUT2D eigenvalue weighted by molar-refractivity contribution is 0.601. The molecule has 1 aromatic carbocycles. The second-order valence-electron chi connectivity index (χ2n) is 3.25. The van der Waals surface area contributed by atoms with E-state index in [-0.39, 0.29) is 0 Å². The summed E-state index contributed by atoms with van der Waals surface area (Å²) in [6, 6.07) is 3.30. The van der Waals surface area contributed by atoms with Gasteiger partial charge in [0.15, 0.2) is 9.84 Å². The first-order chi connectivity index (χ1) is 5.82. The van der Waals surface area contributed by atoms with Gasteiger partial charge in [0.1, 0.15) is 0 Å². The van der Waals surface area contributed by atoms with E-state index < -0.39 is 9.84 Å². The lowest BCUT2D eigenvalue weighted by Gasteiger charge is -2.07. The monoisotopic (exact) mass is 199 g/mol. The molecule has 0 radical (unpaired) electrons. The van der Waals surface area contributed by atoms with E-state index in [0.717, 1.165) is 11.1 Å². The largest absolute Gasteiger partial charge is 0.398 e. The Kier molecular flexibility index (Phi) is 2.34. The van der Waals surface area contributed by atoms with E-state index in [0.29, 0.717) is 10.6 Å². The van der Waals surface area contributed by atoms with Gasteiger partial charge < -0.3 is 5.73 Å². The average Bonchev–Trinajstić information content (AvgIpc) is 1.94. The highest BCUT2D eigenvalue weighted by Crippen LogP contribution is 2.21. The lowest BCUT2D eigenvalue weighted by atomic mass is 10.1. The number of hydrogen-bond donors (Lipinski definition) is 1. The Labute approximate surface area is 78.5 Å². The van der Waals surface area contributed by atoms with E-state index in [2.05, 4.69) is 0 Å². The minimum atomic E-state index is -3.15. The predicted molar refractivity (Wildman–Crippen MR) is 53.4 cm³/mol. The molecule has 2 N–H and O–H groups in total. The number of aryl methyl sites for hydroxylation is 2. The van der Waals surface area contributed by atoms with Crippen LogP contribution >= 0.6 is 0 Å². The molecule has 0 heterocycles. The molecule has 0 spiro atoms. The van der Waals surface area contributed by atoms with Gasteiger partial charge in [0, 0.05) is 11.9 Å².